The fourth-order valence-corrected chi connectivity index (χ4v) is 2.95. The first-order valence-electron chi connectivity index (χ1n) is 6.05. The Labute approximate surface area is 115 Å². The molecule has 0 atom stereocenters. The maximum Gasteiger partial charge on any atom is 0.144 e. The third-order valence-electron chi connectivity index (χ3n) is 3.03. The number of benzene rings is 1. The second kappa shape index (κ2) is 4.63. The van der Waals surface area contributed by atoms with E-state index in [1.165, 1.54) is 4.70 Å². The number of methoxy groups -OCH3 is 1. The maximum absolute atomic E-state index is 5.39. The van der Waals surface area contributed by atoms with Crippen LogP contribution >= 0.6 is 11.3 Å². The molecule has 3 aromatic rings. The number of pyridine rings is 1. The van der Waals surface area contributed by atoms with Crippen molar-refractivity contribution in [3.05, 3.63) is 41.2 Å². The van der Waals surface area contributed by atoms with Gasteiger partial charge in [0.1, 0.15) is 5.75 Å². The molecule has 0 amide bonds. The molecule has 0 saturated heterocycles. The summed E-state index contributed by atoms with van der Waals surface area (Å²) in [6.07, 6.45) is 1.77. The lowest BCUT2D eigenvalue weighted by atomic mass is 10.0. The number of hydrogen-bond donors (Lipinski definition) is 0. The zero-order valence-electron chi connectivity index (χ0n) is 11.1. The molecule has 0 radical (unpaired) electrons. The standard InChI is InChI=1S/C15H14N2OS/c1-9-6-12(14(18-3)8-16-9)11-4-5-15-13(7-11)17-10(2)19-15/h4-8H,1-3H3. The van der Waals surface area contributed by atoms with Crippen LogP contribution in [0.2, 0.25) is 0 Å². The van der Waals surface area contributed by atoms with Crippen molar-refractivity contribution in [2.24, 2.45) is 0 Å². The molecular weight excluding hydrogens is 256 g/mol. The van der Waals surface area contributed by atoms with E-state index in [1.807, 2.05) is 19.9 Å². The fourth-order valence-electron chi connectivity index (χ4n) is 2.15. The van der Waals surface area contributed by atoms with Gasteiger partial charge in [0.15, 0.2) is 0 Å². The molecule has 0 bridgehead atoms. The Morgan fingerprint density at radius 2 is 2.00 bits per heavy atom. The van der Waals surface area contributed by atoms with E-state index >= 15 is 0 Å². The van der Waals surface area contributed by atoms with Crippen LogP contribution < -0.4 is 4.74 Å². The van der Waals surface area contributed by atoms with Crippen molar-refractivity contribution in [3.63, 3.8) is 0 Å². The minimum absolute atomic E-state index is 0.789. The summed E-state index contributed by atoms with van der Waals surface area (Å²) in [4.78, 5) is 8.80. The fraction of sp³-hybridized carbons (Fsp3) is 0.200. The van der Waals surface area contributed by atoms with Gasteiger partial charge in [-0.1, -0.05) is 6.07 Å². The van der Waals surface area contributed by atoms with Gasteiger partial charge in [-0.3, -0.25) is 4.98 Å². The van der Waals surface area contributed by atoms with Crippen molar-refractivity contribution in [3.8, 4) is 16.9 Å². The number of ether oxygens (including phenoxy) is 1. The molecular formula is C15H14N2OS. The van der Waals surface area contributed by atoms with Gasteiger partial charge in [0.2, 0.25) is 0 Å². The highest BCUT2D eigenvalue weighted by Crippen LogP contribution is 2.33. The summed E-state index contributed by atoms with van der Waals surface area (Å²) >= 11 is 1.71. The molecule has 96 valence electrons. The normalized spacial score (nSPS) is 10.9. The molecule has 0 saturated carbocycles. The Bertz CT molecular complexity index is 749. The zero-order chi connectivity index (χ0) is 13.4. The second-order valence-electron chi connectivity index (χ2n) is 4.44. The molecule has 0 aliphatic rings. The molecule has 0 unspecified atom stereocenters. The van der Waals surface area contributed by atoms with Gasteiger partial charge >= 0.3 is 0 Å². The highest BCUT2D eigenvalue weighted by molar-refractivity contribution is 7.18. The van der Waals surface area contributed by atoms with E-state index in [-0.39, 0.29) is 0 Å². The Balaban J connectivity index is 2.20. The second-order valence-corrected chi connectivity index (χ2v) is 5.68. The molecule has 3 nitrogen and oxygen atoms in total. The predicted octanol–water partition coefficient (Wildman–Crippen LogP) is 3.98. The number of thiazole rings is 1. The van der Waals surface area contributed by atoms with Gasteiger partial charge in [0.05, 0.1) is 28.5 Å². The predicted molar refractivity (Wildman–Crippen MR) is 78.9 cm³/mol. The van der Waals surface area contributed by atoms with Crippen molar-refractivity contribution in [2.75, 3.05) is 7.11 Å². The number of fused-ring (bicyclic) bond motifs is 1. The zero-order valence-corrected chi connectivity index (χ0v) is 11.9. The Hall–Kier alpha value is -1.94. The first-order valence-corrected chi connectivity index (χ1v) is 6.87. The van der Waals surface area contributed by atoms with E-state index in [9.17, 15) is 0 Å². The van der Waals surface area contributed by atoms with Crippen LogP contribution in [0.1, 0.15) is 10.7 Å². The van der Waals surface area contributed by atoms with Crippen molar-refractivity contribution < 1.29 is 4.74 Å². The minimum Gasteiger partial charge on any atom is -0.494 e. The first kappa shape index (κ1) is 12.1. The number of rotatable bonds is 2. The van der Waals surface area contributed by atoms with Crippen LogP contribution in [0, 0.1) is 13.8 Å². The summed E-state index contributed by atoms with van der Waals surface area (Å²) < 4.78 is 6.61. The van der Waals surface area contributed by atoms with E-state index in [2.05, 4.69) is 28.2 Å². The molecule has 0 N–H and O–H groups in total. The van der Waals surface area contributed by atoms with E-state index in [1.54, 1.807) is 24.6 Å². The summed E-state index contributed by atoms with van der Waals surface area (Å²) in [6.45, 7) is 4.01. The highest BCUT2D eigenvalue weighted by Gasteiger charge is 2.09. The molecule has 0 aliphatic heterocycles. The molecule has 4 heteroatoms. The summed E-state index contributed by atoms with van der Waals surface area (Å²) in [6, 6.07) is 8.37. The van der Waals surface area contributed by atoms with Gasteiger partial charge in [-0.05, 0) is 37.6 Å². The topological polar surface area (TPSA) is 35.0 Å². The third-order valence-corrected chi connectivity index (χ3v) is 3.98. The van der Waals surface area contributed by atoms with Gasteiger partial charge in [-0.25, -0.2) is 4.98 Å². The summed E-state index contributed by atoms with van der Waals surface area (Å²) in [5, 5.41) is 1.09. The van der Waals surface area contributed by atoms with Gasteiger partial charge in [0.25, 0.3) is 0 Å². The lowest BCUT2D eigenvalue weighted by Gasteiger charge is -2.09. The number of aromatic nitrogens is 2. The number of aryl methyl sites for hydroxylation is 2. The lowest BCUT2D eigenvalue weighted by Crippen LogP contribution is -1.91. The quantitative estimate of drug-likeness (QED) is 0.706. The van der Waals surface area contributed by atoms with E-state index in [0.717, 1.165) is 33.1 Å². The largest absolute Gasteiger partial charge is 0.494 e. The van der Waals surface area contributed by atoms with Crippen LogP contribution in [0.4, 0.5) is 0 Å². The van der Waals surface area contributed by atoms with Crippen LogP contribution in [0.3, 0.4) is 0 Å². The van der Waals surface area contributed by atoms with Crippen molar-refractivity contribution >= 4 is 21.6 Å². The smallest absolute Gasteiger partial charge is 0.144 e. The number of hydrogen-bond acceptors (Lipinski definition) is 4. The van der Waals surface area contributed by atoms with Gasteiger partial charge in [-0.2, -0.15) is 0 Å². The van der Waals surface area contributed by atoms with Crippen LogP contribution in [0.5, 0.6) is 5.75 Å². The Kier molecular flexibility index (Phi) is 2.95. The summed E-state index contributed by atoms with van der Waals surface area (Å²) in [7, 11) is 1.67. The SMILES string of the molecule is COc1cnc(C)cc1-c1ccc2sc(C)nc2c1. The van der Waals surface area contributed by atoms with Crippen LogP contribution in [-0.2, 0) is 0 Å². The summed E-state index contributed by atoms with van der Waals surface area (Å²) in [5.41, 5.74) is 4.18. The molecule has 0 aliphatic carbocycles. The van der Waals surface area contributed by atoms with E-state index in [0.29, 0.717) is 0 Å². The maximum atomic E-state index is 5.39. The first-order chi connectivity index (χ1) is 9.17. The summed E-state index contributed by atoms with van der Waals surface area (Å²) in [5.74, 6) is 0.789. The molecule has 0 fully saturated rings. The van der Waals surface area contributed by atoms with E-state index in [4.69, 9.17) is 4.74 Å². The van der Waals surface area contributed by atoms with Crippen LogP contribution in [0.25, 0.3) is 21.3 Å². The monoisotopic (exact) mass is 270 g/mol. The average molecular weight is 270 g/mol. The molecule has 0 spiro atoms. The van der Waals surface area contributed by atoms with Gasteiger partial charge in [-0.15, -0.1) is 11.3 Å². The molecule has 2 heterocycles. The van der Waals surface area contributed by atoms with Crippen molar-refractivity contribution in [1.82, 2.24) is 9.97 Å². The molecule has 19 heavy (non-hydrogen) atoms. The highest BCUT2D eigenvalue weighted by atomic mass is 32.1. The van der Waals surface area contributed by atoms with Crippen LogP contribution in [-0.4, -0.2) is 17.1 Å². The van der Waals surface area contributed by atoms with Crippen LogP contribution in [0.15, 0.2) is 30.5 Å². The third kappa shape index (κ3) is 2.19. The van der Waals surface area contributed by atoms with Crippen molar-refractivity contribution in [2.45, 2.75) is 13.8 Å². The molecule has 1 aromatic carbocycles. The van der Waals surface area contributed by atoms with Crippen molar-refractivity contribution in [1.29, 1.82) is 0 Å². The Morgan fingerprint density at radius 1 is 1.16 bits per heavy atom. The van der Waals surface area contributed by atoms with Gasteiger partial charge in [0, 0.05) is 11.3 Å². The molecule has 3 rings (SSSR count). The average Bonchev–Trinajstić information content (AvgIpc) is 2.77. The molecule has 2 aromatic heterocycles. The van der Waals surface area contributed by atoms with E-state index < -0.39 is 0 Å². The number of nitrogens with zero attached hydrogens (tertiary/aromatic N) is 2. The Morgan fingerprint density at radius 3 is 2.79 bits per heavy atom. The minimum atomic E-state index is 0.789. The van der Waals surface area contributed by atoms with Gasteiger partial charge < -0.3 is 4.74 Å². The lowest BCUT2D eigenvalue weighted by molar-refractivity contribution is 0.414.